The van der Waals surface area contributed by atoms with E-state index in [-0.39, 0.29) is 5.54 Å². The summed E-state index contributed by atoms with van der Waals surface area (Å²) in [7, 11) is 0. The van der Waals surface area contributed by atoms with Gasteiger partial charge < -0.3 is 14.8 Å². The molecule has 0 bridgehead atoms. The zero-order valence-corrected chi connectivity index (χ0v) is 18.2. The molecule has 1 N–H and O–H groups in total. The van der Waals surface area contributed by atoms with Crippen molar-refractivity contribution in [2.24, 2.45) is 0 Å². The highest BCUT2D eigenvalue weighted by Gasteiger charge is 2.16. The van der Waals surface area contributed by atoms with Crippen molar-refractivity contribution in [2.75, 3.05) is 6.61 Å². The van der Waals surface area contributed by atoms with Gasteiger partial charge in [-0.3, -0.25) is 0 Å². The Morgan fingerprint density at radius 3 is 2.46 bits per heavy atom. The molecule has 0 amide bonds. The monoisotopic (exact) mass is 439 g/mol. The highest BCUT2D eigenvalue weighted by Crippen LogP contribution is 2.34. The summed E-state index contributed by atoms with van der Waals surface area (Å²) in [6.45, 7) is 10.3. The molecule has 0 unspecified atom stereocenters. The SMILES string of the molecule is CCOc1cc(CNC(C)(C)CC)c(Br)cc1OCc1cccc(Cl)c1. The number of hydrogen-bond acceptors (Lipinski definition) is 3. The zero-order chi connectivity index (χ0) is 19.2. The van der Waals surface area contributed by atoms with Crippen LogP contribution in [0.5, 0.6) is 11.5 Å². The van der Waals surface area contributed by atoms with Gasteiger partial charge in [0.25, 0.3) is 0 Å². The second-order valence-electron chi connectivity index (χ2n) is 6.83. The lowest BCUT2D eigenvalue weighted by Crippen LogP contribution is -2.37. The molecular formula is C21H27BrClNO2. The van der Waals surface area contributed by atoms with Crippen LogP contribution >= 0.6 is 27.5 Å². The number of benzene rings is 2. The third-order valence-electron chi connectivity index (χ3n) is 4.34. The summed E-state index contributed by atoms with van der Waals surface area (Å²) in [6, 6.07) is 11.7. The van der Waals surface area contributed by atoms with E-state index >= 15 is 0 Å². The Bertz CT molecular complexity index is 734. The highest BCUT2D eigenvalue weighted by atomic mass is 79.9. The second kappa shape index (κ2) is 9.63. The van der Waals surface area contributed by atoms with Crippen LogP contribution < -0.4 is 14.8 Å². The molecule has 2 aromatic carbocycles. The van der Waals surface area contributed by atoms with E-state index in [4.69, 9.17) is 21.1 Å². The third-order valence-corrected chi connectivity index (χ3v) is 5.31. The quantitative estimate of drug-likeness (QED) is 0.492. The predicted molar refractivity (Wildman–Crippen MR) is 112 cm³/mol. The van der Waals surface area contributed by atoms with Crippen molar-refractivity contribution in [3.8, 4) is 11.5 Å². The van der Waals surface area contributed by atoms with Gasteiger partial charge in [0.05, 0.1) is 6.61 Å². The first-order valence-corrected chi connectivity index (χ1v) is 10.1. The lowest BCUT2D eigenvalue weighted by atomic mass is 10.0. The average Bonchev–Trinajstić information content (AvgIpc) is 2.61. The van der Waals surface area contributed by atoms with Crippen molar-refractivity contribution in [3.05, 3.63) is 57.0 Å². The van der Waals surface area contributed by atoms with E-state index in [9.17, 15) is 0 Å². The van der Waals surface area contributed by atoms with Gasteiger partial charge in [0.15, 0.2) is 11.5 Å². The van der Waals surface area contributed by atoms with Gasteiger partial charge in [-0.05, 0) is 62.6 Å². The maximum atomic E-state index is 6.04. The number of hydrogen-bond donors (Lipinski definition) is 1. The van der Waals surface area contributed by atoms with Gasteiger partial charge in [-0.2, -0.15) is 0 Å². The maximum absolute atomic E-state index is 6.04. The minimum atomic E-state index is 0.0902. The topological polar surface area (TPSA) is 30.5 Å². The summed E-state index contributed by atoms with van der Waals surface area (Å²) in [4.78, 5) is 0. The standard InChI is InChI=1S/C21H27BrClNO2/c1-5-21(3,4)24-13-16-11-19(25-6-2)20(12-18(16)22)26-14-15-8-7-9-17(23)10-15/h7-12,24H,5-6,13-14H2,1-4H3. The lowest BCUT2D eigenvalue weighted by molar-refractivity contribution is 0.268. The van der Waals surface area contributed by atoms with E-state index in [1.807, 2.05) is 43.3 Å². The summed E-state index contributed by atoms with van der Waals surface area (Å²) in [5.74, 6) is 1.47. The van der Waals surface area contributed by atoms with Crippen molar-refractivity contribution in [1.29, 1.82) is 0 Å². The van der Waals surface area contributed by atoms with Crippen LogP contribution in [-0.2, 0) is 13.2 Å². The highest BCUT2D eigenvalue weighted by molar-refractivity contribution is 9.10. The van der Waals surface area contributed by atoms with Crippen LogP contribution in [0.15, 0.2) is 40.9 Å². The molecular weight excluding hydrogens is 414 g/mol. The van der Waals surface area contributed by atoms with Gasteiger partial charge in [-0.25, -0.2) is 0 Å². The minimum Gasteiger partial charge on any atom is -0.490 e. The molecule has 5 heteroatoms. The van der Waals surface area contributed by atoms with Crippen molar-refractivity contribution in [3.63, 3.8) is 0 Å². The molecule has 0 heterocycles. The average molecular weight is 441 g/mol. The molecule has 0 spiro atoms. The molecule has 0 saturated heterocycles. The zero-order valence-electron chi connectivity index (χ0n) is 15.9. The Morgan fingerprint density at radius 2 is 1.81 bits per heavy atom. The lowest BCUT2D eigenvalue weighted by Gasteiger charge is -2.25. The van der Waals surface area contributed by atoms with E-state index in [0.29, 0.717) is 18.2 Å². The van der Waals surface area contributed by atoms with Crippen LogP contribution in [0.2, 0.25) is 5.02 Å². The molecule has 26 heavy (non-hydrogen) atoms. The molecule has 0 aromatic heterocycles. The second-order valence-corrected chi connectivity index (χ2v) is 8.12. The van der Waals surface area contributed by atoms with Gasteiger partial charge in [0.1, 0.15) is 6.61 Å². The first kappa shape index (κ1) is 21.1. The van der Waals surface area contributed by atoms with E-state index in [1.54, 1.807) is 0 Å². The van der Waals surface area contributed by atoms with Crippen LogP contribution in [0.4, 0.5) is 0 Å². The van der Waals surface area contributed by atoms with Gasteiger partial charge >= 0.3 is 0 Å². The molecule has 3 nitrogen and oxygen atoms in total. The van der Waals surface area contributed by atoms with Crippen molar-refractivity contribution in [1.82, 2.24) is 5.32 Å². The first-order chi connectivity index (χ1) is 12.3. The predicted octanol–water partition coefficient (Wildman–Crippen LogP) is 6.36. The van der Waals surface area contributed by atoms with E-state index in [0.717, 1.165) is 40.1 Å². The van der Waals surface area contributed by atoms with Gasteiger partial charge in [-0.15, -0.1) is 0 Å². The van der Waals surface area contributed by atoms with Crippen LogP contribution in [0, 0.1) is 0 Å². The fourth-order valence-electron chi connectivity index (χ4n) is 2.34. The molecule has 0 aliphatic heterocycles. The number of rotatable bonds is 9. The van der Waals surface area contributed by atoms with E-state index < -0.39 is 0 Å². The van der Waals surface area contributed by atoms with Crippen LogP contribution in [0.1, 0.15) is 45.2 Å². The number of halogens is 2. The molecule has 0 atom stereocenters. The van der Waals surface area contributed by atoms with Crippen LogP contribution in [0.3, 0.4) is 0 Å². The summed E-state index contributed by atoms with van der Waals surface area (Å²) < 4.78 is 12.8. The van der Waals surface area contributed by atoms with Crippen molar-refractivity contribution >= 4 is 27.5 Å². The smallest absolute Gasteiger partial charge is 0.162 e. The van der Waals surface area contributed by atoms with Crippen LogP contribution in [0.25, 0.3) is 0 Å². The fraction of sp³-hybridized carbons (Fsp3) is 0.429. The third kappa shape index (κ3) is 6.19. The van der Waals surface area contributed by atoms with Gasteiger partial charge in [0.2, 0.25) is 0 Å². The molecule has 0 aliphatic carbocycles. The molecule has 0 aliphatic rings. The Balaban J connectivity index is 2.16. The van der Waals surface area contributed by atoms with E-state index in [1.165, 1.54) is 0 Å². The molecule has 142 valence electrons. The summed E-state index contributed by atoms with van der Waals surface area (Å²) in [5.41, 5.74) is 2.25. The van der Waals surface area contributed by atoms with Crippen LogP contribution in [-0.4, -0.2) is 12.1 Å². The molecule has 2 rings (SSSR count). The van der Waals surface area contributed by atoms with E-state index in [2.05, 4.69) is 42.0 Å². The fourth-order valence-corrected chi connectivity index (χ4v) is 3.02. The summed E-state index contributed by atoms with van der Waals surface area (Å²) in [5, 5.41) is 4.28. The summed E-state index contributed by atoms with van der Waals surface area (Å²) in [6.07, 6.45) is 1.06. The maximum Gasteiger partial charge on any atom is 0.162 e. The minimum absolute atomic E-state index is 0.0902. The first-order valence-electron chi connectivity index (χ1n) is 8.92. The molecule has 0 fully saturated rings. The Hall–Kier alpha value is -1.23. The Kier molecular flexibility index (Phi) is 7.81. The molecule has 0 radical (unpaired) electrons. The number of ether oxygens (including phenoxy) is 2. The summed E-state index contributed by atoms with van der Waals surface area (Å²) >= 11 is 9.71. The molecule has 0 saturated carbocycles. The van der Waals surface area contributed by atoms with Crippen molar-refractivity contribution in [2.45, 2.75) is 52.8 Å². The Morgan fingerprint density at radius 1 is 1.08 bits per heavy atom. The molecule has 2 aromatic rings. The van der Waals surface area contributed by atoms with Gasteiger partial charge in [-0.1, -0.05) is 46.6 Å². The number of nitrogens with one attached hydrogen (secondary N) is 1. The van der Waals surface area contributed by atoms with Crippen molar-refractivity contribution < 1.29 is 9.47 Å². The Labute approximate surface area is 170 Å². The largest absolute Gasteiger partial charge is 0.490 e. The van der Waals surface area contributed by atoms with Gasteiger partial charge in [0, 0.05) is 21.6 Å². The normalized spacial score (nSPS) is 11.5.